The van der Waals surface area contributed by atoms with Crippen LogP contribution in [0.1, 0.15) is 28.7 Å². The van der Waals surface area contributed by atoms with E-state index in [-0.39, 0.29) is 5.56 Å². The summed E-state index contributed by atoms with van der Waals surface area (Å²) in [7, 11) is 0. The fourth-order valence-corrected chi connectivity index (χ4v) is 1.98. The summed E-state index contributed by atoms with van der Waals surface area (Å²) < 4.78 is 2.39. The molecule has 0 unspecified atom stereocenters. The van der Waals surface area contributed by atoms with Crippen LogP contribution in [0.5, 0.6) is 0 Å². The SMILES string of the molecule is CCc1c(C(=O)O)cnc2c(Br)c(C)nn12. The summed E-state index contributed by atoms with van der Waals surface area (Å²) >= 11 is 3.38. The number of aryl methyl sites for hydroxylation is 2. The van der Waals surface area contributed by atoms with E-state index in [1.165, 1.54) is 6.20 Å². The van der Waals surface area contributed by atoms with Gasteiger partial charge in [0.25, 0.3) is 0 Å². The van der Waals surface area contributed by atoms with E-state index in [4.69, 9.17) is 5.11 Å². The molecular weight excluding hydrogens is 274 g/mol. The summed E-state index contributed by atoms with van der Waals surface area (Å²) in [6, 6.07) is 0. The van der Waals surface area contributed by atoms with Crippen molar-refractivity contribution in [3.63, 3.8) is 0 Å². The maximum Gasteiger partial charge on any atom is 0.339 e. The highest BCUT2D eigenvalue weighted by Gasteiger charge is 2.17. The van der Waals surface area contributed by atoms with Gasteiger partial charge in [0.05, 0.1) is 21.4 Å². The smallest absolute Gasteiger partial charge is 0.339 e. The zero-order valence-corrected chi connectivity index (χ0v) is 10.4. The first-order valence-electron chi connectivity index (χ1n) is 4.82. The third kappa shape index (κ3) is 1.49. The molecule has 16 heavy (non-hydrogen) atoms. The molecule has 0 atom stereocenters. The maximum atomic E-state index is 11.0. The zero-order valence-electron chi connectivity index (χ0n) is 8.86. The van der Waals surface area contributed by atoms with Crippen molar-refractivity contribution in [1.29, 1.82) is 0 Å². The molecule has 6 heteroatoms. The Morgan fingerprint density at radius 3 is 2.88 bits per heavy atom. The summed E-state index contributed by atoms with van der Waals surface area (Å²) in [6.45, 7) is 3.74. The largest absolute Gasteiger partial charge is 0.478 e. The molecule has 0 radical (unpaired) electrons. The van der Waals surface area contributed by atoms with E-state index in [0.717, 1.165) is 10.2 Å². The van der Waals surface area contributed by atoms with Crippen molar-refractivity contribution in [3.8, 4) is 0 Å². The van der Waals surface area contributed by atoms with Crippen LogP contribution < -0.4 is 0 Å². The molecule has 2 aromatic heterocycles. The standard InChI is InChI=1S/C10H10BrN3O2/c1-3-7-6(10(15)16)4-12-9-8(11)5(2)13-14(7)9/h4H,3H2,1-2H3,(H,15,16). The molecule has 1 N–H and O–H groups in total. The fourth-order valence-electron chi connectivity index (χ4n) is 1.63. The number of fused-ring (bicyclic) bond motifs is 1. The summed E-state index contributed by atoms with van der Waals surface area (Å²) in [5.41, 5.74) is 2.31. The topological polar surface area (TPSA) is 67.5 Å². The van der Waals surface area contributed by atoms with Crippen LogP contribution in [0, 0.1) is 6.92 Å². The molecule has 0 aliphatic carbocycles. The van der Waals surface area contributed by atoms with Crippen LogP contribution in [-0.4, -0.2) is 25.7 Å². The monoisotopic (exact) mass is 283 g/mol. The molecule has 0 fully saturated rings. The van der Waals surface area contributed by atoms with Crippen LogP contribution in [0.15, 0.2) is 10.7 Å². The Morgan fingerprint density at radius 2 is 2.31 bits per heavy atom. The Labute approximate surface area is 100 Å². The molecule has 0 saturated carbocycles. The second-order valence-corrected chi connectivity index (χ2v) is 4.21. The number of hydrogen-bond acceptors (Lipinski definition) is 3. The average molecular weight is 284 g/mol. The number of carboxylic acids is 1. The van der Waals surface area contributed by atoms with Gasteiger partial charge in [-0.15, -0.1) is 0 Å². The second-order valence-electron chi connectivity index (χ2n) is 3.41. The molecule has 2 heterocycles. The lowest BCUT2D eigenvalue weighted by Gasteiger charge is -2.05. The van der Waals surface area contributed by atoms with Crippen LogP contribution in [-0.2, 0) is 6.42 Å². The quantitative estimate of drug-likeness (QED) is 0.916. The Balaban J connectivity index is 2.86. The minimum Gasteiger partial charge on any atom is -0.478 e. The first kappa shape index (κ1) is 11.1. The minimum absolute atomic E-state index is 0.199. The molecule has 0 aliphatic rings. The number of hydrogen-bond donors (Lipinski definition) is 1. The summed E-state index contributed by atoms with van der Waals surface area (Å²) in [6.07, 6.45) is 1.97. The number of rotatable bonds is 2. The molecule has 0 amide bonds. The van der Waals surface area contributed by atoms with Gasteiger partial charge in [0.2, 0.25) is 0 Å². The number of carbonyl (C=O) groups is 1. The van der Waals surface area contributed by atoms with Gasteiger partial charge in [0.15, 0.2) is 5.65 Å². The third-order valence-corrected chi connectivity index (χ3v) is 3.34. The van der Waals surface area contributed by atoms with Crippen LogP contribution in [0.3, 0.4) is 0 Å². The Hall–Kier alpha value is -1.43. The van der Waals surface area contributed by atoms with Crippen molar-refractivity contribution in [3.05, 3.63) is 27.6 Å². The third-order valence-electron chi connectivity index (χ3n) is 2.41. The molecule has 0 spiro atoms. The van der Waals surface area contributed by atoms with Crippen molar-refractivity contribution in [2.75, 3.05) is 0 Å². The summed E-state index contributed by atoms with van der Waals surface area (Å²) in [5, 5.41) is 13.3. The van der Waals surface area contributed by atoms with Crippen molar-refractivity contribution in [1.82, 2.24) is 14.6 Å². The number of aromatic carboxylic acids is 1. The van der Waals surface area contributed by atoms with Gasteiger partial charge >= 0.3 is 5.97 Å². The van der Waals surface area contributed by atoms with Gasteiger partial charge < -0.3 is 5.11 Å². The highest BCUT2D eigenvalue weighted by atomic mass is 79.9. The van der Waals surface area contributed by atoms with E-state index in [0.29, 0.717) is 17.8 Å². The molecule has 84 valence electrons. The first-order chi connectivity index (χ1) is 7.56. The van der Waals surface area contributed by atoms with Gasteiger partial charge in [-0.05, 0) is 29.3 Å². The molecule has 5 nitrogen and oxygen atoms in total. The summed E-state index contributed by atoms with van der Waals surface area (Å²) in [4.78, 5) is 15.1. The van der Waals surface area contributed by atoms with Crippen LogP contribution in [0.2, 0.25) is 0 Å². The van der Waals surface area contributed by atoms with E-state index >= 15 is 0 Å². The number of aromatic nitrogens is 3. The molecular formula is C10H10BrN3O2. The van der Waals surface area contributed by atoms with Gasteiger partial charge in [0.1, 0.15) is 0 Å². The molecule has 2 aromatic rings. The number of nitrogens with zero attached hydrogens (tertiary/aromatic N) is 3. The average Bonchev–Trinajstić information content (AvgIpc) is 2.54. The summed E-state index contributed by atoms with van der Waals surface area (Å²) in [5.74, 6) is -0.976. The lowest BCUT2D eigenvalue weighted by atomic mass is 10.2. The maximum absolute atomic E-state index is 11.0. The molecule has 0 aromatic carbocycles. The molecule has 2 rings (SSSR count). The Bertz CT molecular complexity index is 577. The van der Waals surface area contributed by atoms with Crippen LogP contribution in [0.4, 0.5) is 0 Å². The minimum atomic E-state index is -0.976. The van der Waals surface area contributed by atoms with Gasteiger partial charge in [-0.1, -0.05) is 6.92 Å². The van der Waals surface area contributed by atoms with Gasteiger partial charge in [-0.3, -0.25) is 0 Å². The normalized spacial score (nSPS) is 10.9. The van der Waals surface area contributed by atoms with Gasteiger partial charge in [-0.2, -0.15) is 5.10 Å². The van der Waals surface area contributed by atoms with E-state index in [1.807, 2.05) is 13.8 Å². The van der Waals surface area contributed by atoms with Crippen molar-refractivity contribution >= 4 is 27.5 Å². The van der Waals surface area contributed by atoms with E-state index in [1.54, 1.807) is 4.52 Å². The van der Waals surface area contributed by atoms with Gasteiger partial charge in [0, 0.05) is 6.20 Å². The predicted octanol–water partition coefficient (Wildman–Crippen LogP) is 2.06. The zero-order chi connectivity index (χ0) is 11.9. The van der Waals surface area contributed by atoms with Crippen molar-refractivity contribution in [2.45, 2.75) is 20.3 Å². The molecule has 0 aliphatic heterocycles. The number of carboxylic acid groups (broad SMARTS) is 1. The molecule has 0 saturated heterocycles. The Kier molecular flexibility index (Phi) is 2.67. The van der Waals surface area contributed by atoms with Crippen molar-refractivity contribution in [2.24, 2.45) is 0 Å². The van der Waals surface area contributed by atoms with Crippen LogP contribution in [0.25, 0.3) is 5.65 Å². The highest BCUT2D eigenvalue weighted by molar-refractivity contribution is 9.10. The predicted molar refractivity (Wildman–Crippen MR) is 61.8 cm³/mol. The van der Waals surface area contributed by atoms with Gasteiger partial charge in [-0.25, -0.2) is 14.3 Å². The van der Waals surface area contributed by atoms with Crippen LogP contribution >= 0.6 is 15.9 Å². The second kappa shape index (κ2) is 3.86. The van der Waals surface area contributed by atoms with Crippen molar-refractivity contribution < 1.29 is 9.90 Å². The Morgan fingerprint density at radius 1 is 1.62 bits per heavy atom. The van der Waals surface area contributed by atoms with E-state index in [2.05, 4.69) is 26.0 Å². The van der Waals surface area contributed by atoms with E-state index < -0.39 is 5.97 Å². The molecule has 0 bridgehead atoms. The lowest BCUT2D eigenvalue weighted by molar-refractivity contribution is 0.0694. The van der Waals surface area contributed by atoms with E-state index in [9.17, 15) is 4.79 Å². The number of halogens is 1. The lowest BCUT2D eigenvalue weighted by Crippen LogP contribution is -2.09. The first-order valence-corrected chi connectivity index (χ1v) is 5.61. The fraction of sp³-hybridized carbons (Fsp3) is 0.300. The highest BCUT2D eigenvalue weighted by Crippen LogP contribution is 2.22.